The molecule has 0 bridgehead atoms. The van der Waals surface area contributed by atoms with E-state index in [2.05, 4.69) is 10.3 Å². The van der Waals surface area contributed by atoms with Crippen LogP contribution in [0.2, 0.25) is 0 Å². The van der Waals surface area contributed by atoms with E-state index in [1.165, 1.54) is 6.42 Å². The molecule has 5 heteroatoms. The Kier molecular flexibility index (Phi) is 3.80. The minimum Gasteiger partial charge on any atom is -0.480 e. The highest BCUT2D eigenvalue weighted by atomic mass is 16.5. The molecule has 2 amide bonds. The van der Waals surface area contributed by atoms with Gasteiger partial charge in [0.2, 0.25) is 5.88 Å². The van der Waals surface area contributed by atoms with Crippen molar-refractivity contribution < 1.29 is 9.53 Å². The number of aromatic nitrogens is 1. The SMILES string of the molecule is COc1ncccc1NC(=O)N1CCCCC1. The molecule has 0 spiro atoms. The van der Waals surface area contributed by atoms with Crippen LogP contribution in [0, 0.1) is 0 Å². The van der Waals surface area contributed by atoms with Gasteiger partial charge in [0.25, 0.3) is 0 Å². The second-order valence-corrected chi connectivity index (χ2v) is 4.04. The Morgan fingerprint density at radius 3 is 2.88 bits per heavy atom. The first kappa shape index (κ1) is 11.7. The Labute approximate surface area is 101 Å². The molecule has 2 rings (SSSR count). The minimum atomic E-state index is -0.0731. The highest BCUT2D eigenvalue weighted by molar-refractivity contribution is 5.90. The van der Waals surface area contributed by atoms with Crippen LogP contribution in [0.15, 0.2) is 18.3 Å². The largest absolute Gasteiger partial charge is 0.480 e. The van der Waals surface area contributed by atoms with Crippen LogP contribution in [0.25, 0.3) is 0 Å². The maximum atomic E-state index is 12.0. The van der Waals surface area contributed by atoms with Gasteiger partial charge in [-0.1, -0.05) is 0 Å². The molecular weight excluding hydrogens is 218 g/mol. The van der Waals surface area contributed by atoms with Gasteiger partial charge in [0.15, 0.2) is 0 Å². The molecule has 17 heavy (non-hydrogen) atoms. The highest BCUT2D eigenvalue weighted by Crippen LogP contribution is 2.20. The Morgan fingerprint density at radius 2 is 2.18 bits per heavy atom. The Balaban J connectivity index is 2.01. The van der Waals surface area contributed by atoms with Crippen molar-refractivity contribution in [1.82, 2.24) is 9.88 Å². The summed E-state index contributed by atoms with van der Waals surface area (Å²) in [4.78, 5) is 17.8. The number of amides is 2. The van der Waals surface area contributed by atoms with Crippen molar-refractivity contribution in [1.29, 1.82) is 0 Å². The third kappa shape index (κ3) is 2.87. The standard InChI is InChI=1S/C12H17N3O2/c1-17-11-10(6-5-7-13-11)14-12(16)15-8-3-2-4-9-15/h5-7H,2-4,8-9H2,1H3,(H,14,16). The number of methoxy groups -OCH3 is 1. The zero-order valence-corrected chi connectivity index (χ0v) is 9.98. The molecule has 1 aliphatic rings. The summed E-state index contributed by atoms with van der Waals surface area (Å²) in [6, 6.07) is 3.48. The molecule has 1 aliphatic heterocycles. The zero-order chi connectivity index (χ0) is 12.1. The lowest BCUT2D eigenvalue weighted by Gasteiger charge is -2.26. The van der Waals surface area contributed by atoms with Crippen LogP contribution >= 0.6 is 0 Å². The first-order valence-electron chi connectivity index (χ1n) is 5.86. The first-order valence-corrected chi connectivity index (χ1v) is 5.86. The Bertz CT molecular complexity index is 389. The lowest BCUT2D eigenvalue weighted by atomic mass is 10.1. The number of piperidine rings is 1. The van der Waals surface area contributed by atoms with E-state index in [1.54, 1.807) is 25.4 Å². The molecule has 92 valence electrons. The number of likely N-dealkylation sites (tertiary alicyclic amines) is 1. The number of carbonyl (C=O) groups is 1. The molecule has 5 nitrogen and oxygen atoms in total. The number of hydrogen-bond acceptors (Lipinski definition) is 3. The number of urea groups is 1. The summed E-state index contributed by atoms with van der Waals surface area (Å²) >= 11 is 0. The van der Waals surface area contributed by atoms with Crippen molar-refractivity contribution in [2.45, 2.75) is 19.3 Å². The molecule has 0 atom stereocenters. The van der Waals surface area contributed by atoms with Gasteiger partial charge >= 0.3 is 6.03 Å². The number of nitrogens with one attached hydrogen (secondary N) is 1. The summed E-state index contributed by atoms with van der Waals surface area (Å²) in [5, 5.41) is 2.83. The lowest BCUT2D eigenvalue weighted by molar-refractivity contribution is 0.200. The number of carbonyl (C=O) groups excluding carboxylic acids is 1. The second-order valence-electron chi connectivity index (χ2n) is 4.04. The van der Waals surface area contributed by atoms with Crippen molar-refractivity contribution in [2.24, 2.45) is 0 Å². The molecular formula is C12H17N3O2. The molecule has 1 N–H and O–H groups in total. The maximum Gasteiger partial charge on any atom is 0.321 e. The van der Waals surface area contributed by atoms with Gasteiger partial charge in [-0.2, -0.15) is 0 Å². The lowest BCUT2D eigenvalue weighted by Crippen LogP contribution is -2.38. The molecule has 1 fully saturated rings. The molecule has 0 radical (unpaired) electrons. The normalized spacial score (nSPS) is 15.5. The maximum absolute atomic E-state index is 12.0. The number of rotatable bonds is 2. The molecule has 0 aliphatic carbocycles. The number of anilines is 1. The summed E-state index contributed by atoms with van der Waals surface area (Å²) < 4.78 is 5.09. The second kappa shape index (κ2) is 5.52. The van der Waals surface area contributed by atoms with E-state index in [9.17, 15) is 4.79 Å². The number of ether oxygens (including phenoxy) is 1. The fraction of sp³-hybridized carbons (Fsp3) is 0.500. The zero-order valence-electron chi connectivity index (χ0n) is 9.98. The molecule has 1 aromatic heterocycles. The molecule has 0 saturated carbocycles. The van der Waals surface area contributed by atoms with E-state index in [4.69, 9.17) is 4.74 Å². The van der Waals surface area contributed by atoms with Gasteiger partial charge < -0.3 is 15.0 Å². The van der Waals surface area contributed by atoms with E-state index < -0.39 is 0 Å². The number of hydrogen-bond donors (Lipinski definition) is 1. The van der Waals surface area contributed by atoms with E-state index in [0.717, 1.165) is 25.9 Å². The fourth-order valence-corrected chi connectivity index (χ4v) is 1.94. The summed E-state index contributed by atoms with van der Waals surface area (Å²) in [5.74, 6) is 0.442. The van der Waals surface area contributed by atoms with Gasteiger partial charge in [-0.15, -0.1) is 0 Å². The van der Waals surface area contributed by atoms with E-state index in [1.807, 2.05) is 4.90 Å². The van der Waals surface area contributed by atoms with Gasteiger partial charge in [-0.25, -0.2) is 9.78 Å². The molecule has 2 heterocycles. The highest BCUT2D eigenvalue weighted by Gasteiger charge is 2.17. The van der Waals surface area contributed by atoms with E-state index in [-0.39, 0.29) is 6.03 Å². The summed E-state index contributed by atoms with van der Waals surface area (Å²) in [5.41, 5.74) is 0.616. The minimum absolute atomic E-state index is 0.0731. The van der Waals surface area contributed by atoms with Crippen LogP contribution in [0.5, 0.6) is 5.88 Å². The summed E-state index contributed by atoms with van der Waals surface area (Å²) in [6.45, 7) is 1.66. The summed E-state index contributed by atoms with van der Waals surface area (Å²) in [6.07, 6.45) is 5.00. The van der Waals surface area contributed by atoms with Crippen LogP contribution in [-0.4, -0.2) is 36.1 Å². The first-order chi connectivity index (χ1) is 8.31. The van der Waals surface area contributed by atoms with Crippen LogP contribution in [0.1, 0.15) is 19.3 Å². The molecule has 1 saturated heterocycles. The molecule has 1 aromatic rings. The average Bonchev–Trinajstić information content (AvgIpc) is 2.40. The quantitative estimate of drug-likeness (QED) is 0.854. The van der Waals surface area contributed by atoms with Crippen molar-refractivity contribution in [3.05, 3.63) is 18.3 Å². The number of pyridine rings is 1. The monoisotopic (exact) mass is 235 g/mol. The van der Waals surface area contributed by atoms with Crippen molar-refractivity contribution in [2.75, 3.05) is 25.5 Å². The van der Waals surface area contributed by atoms with Gasteiger partial charge in [0.05, 0.1) is 7.11 Å². The average molecular weight is 235 g/mol. The molecule has 0 aromatic carbocycles. The third-order valence-electron chi connectivity index (χ3n) is 2.85. The Hall–Kier alpha value is -1.78. The topological polar surface area (TPSA) is 54.5 Å². The van der Waals surface area contributed by atoms with E-state index >= 15 is 0 Å². The van der Waals surface area contributed by atoms with Gasteiger partial charge in [0.1, 0.15) is 5.69 Å². The van der Waals surface area contributed by atoms with Gasteiger partial charge in [-0.3, -0.25) is 0 Å². The van der Waals surface area contributed by atoms with Crippen molar-refractivity contribution in [3.63, 3.8) is 0 Å². The van der Waals surface area contributed by atoms with Crippen LogP contribution in [0.4, 0.5) is 10.5 Å². The van der Waals surface area contributed by atoms with Crippen LogP contribution in [0.3, 0.4) is 0 Å². The smallest absolute Gasteiger partial charge is 0.321 e. The molecule has 0 unspecified atom stereocenters. The third-order valence-corrected chi connectivity index (χ3v) is 2.85. The van der Waals surface area contributed by atoms with Crippen molar-refractivity contribution in [3.8, 4) is 5.88 Å². The van der Waals surface area contributed by atoms with Gasteiger partial charge in [-0.05, 0) is 31.4 Å². The Morgan fingerprint density at radius 1 is 1.41 bits per heavy atom. The van der Waals surface area contributed by atoms with Crippen LogP contribution in [-0.2, 0) is 0 Å². The fourth-order valence-electron chi connectivity index (χ4n) is 1.94. The van der Waals surface area contributed by atoms with Crippen molar-refractivity contribution >= 4 is 11.7 Å². The summed E-state index contributed by atoms with van der Waals surface area (Å²) in [7, 11) is 1.54. The predicted molar refractivity (Wildman–Crippen MR) is 65.2 cm³/mol. The van der Waals surface area contributed by atoms with Gasteiger partial charge in [0, 0.05) is 19.3 Å². The number of nitrogens with zero attached hydrogens (tertiary/aromatic N) is 2. The predicted octanol–water partition coefficient (Wildman–Crippen LogP) is 2.11. The van der Waals surface area contributed by atoms with Crippen LogP contribution < -0.4 is 10.1 Å². The van der Waals surface area contributed by atoms with E-state index in [0.29, 0.717) is 11.6 Å².